The number of piperazine rings is 1. The van der Waals surface area contributed by atoms with Crippen LogP contribution in [0.25, 0.3) is 0 Å². The van der Waals surface area contributed by atoms with Gasteiger partial charge in [-0.05, 0) is 48.5 Å². The fourth-order valence-corrected chi connectivity index (χ4v) is 3.56. The maximum atomic E-state index is 13.0. The van der Waals surface area contributed by atoms with Crippen molar-refractivity contribution in [2.24, 2.45) is 0 Å². The molecular weight excluding hydrogens is 427 g/mol. The molecule has 152 valence electrons. The molecule has 1 atom stereocenters. The number of nitrogens with zero attached hydrogens (tertiary/aromatic N) is 1. The summed E-state index contributed by atoms with van der Waals surface area (Å²) in [4.78, 5) is 3.62. The lowest BCUT2D eigenvalue weighted by molar-refractivity contribution is -0.903. The number of rotatable bonds is 9. The summed E-state index contributed by atoms with van der Waals surface area (Å²) >= 11 is 3.39. The third-order valence-electron chi connectivity index (χ3n) is 4.81. The van der Waals surface area contributed by atoms with Crippen LogP contribution in [0.1, 0.15) is 0 Å². The summed E-state index contributed by atoms with van der Waals surface area (Å²) in [7, 11) is 0. The minimum absolute atomic E-state index is 0.210. The normalized spacial score (nSPS) is 16.2. The fraction of sp³-hybridized carbons (Fsp3) is 0.429. The summed E-state index contributed by atoms with van der Waals surface area (Å²) < 4.78 is 25.2. The monoisotopic (exact) mass is 453 g/mol. The molecule has 0 spiro atoms. The van der Waals surface area contributed by atoms with Gasteiger partial charge >= 0.3 is 0 Å². The highest BCUT2D eigenvalue weighted by atomic mass is 79.9. The number of quaternary nitrogens is 1. The van der Waals surface area contributed by atoms with Crippen LogP contribution in [0, 0.1) is 5.82 Å². The lowest BCUT2D eigenvalue weighted by Gasteiger charge is -2.34. The molecule has 0 bridgehead atoms. The predicted octanol–water partition coefficient (Wildman–Crippen LogP) is 1.75. The van der Waals surface area contributed by atoms with Gasteiger partial charge in [0.1, 0.15) is 30.8 Å². The van der Waals surface area contributed by atoms with Crippen LogP contribution in [0.3, 0.4) is 0 Å². The van der Waals surface area contributed by atoms with Crippen LogP contribution in [-0.4, -0.2) is 63.8 Å². The summed E-state index contributed by atoms with van der Waals surface area (Å²) in [5, 5.41) is 10.2. The molecule has 2 N–H and O–H groups in total. The van der Waals surface area contributed by atoms with Gasteiger partial charge in [-0.15, -0.1) is 0 Å². The molecule has 0 amide bonds. The molecule has 1 fully saturated rings. The van der Waals surface area contributed by atoms with E-state index in [0.717, 1.165) is 42.1 Å². The summed E-state index contributed by atoms with van der Waals surface area (Å²) in [6, 6.07) is 14.3. The number of halogens is 2. The van der Waals surface area contributed by atoms with Crippen LogP contribution in [0.4, 0.5) is 10.1 Å². The molecule has 0 radical (unpaired) electrons. The zero-order valence-corrected chi connectivity index (χ0v) is 17.4. The van der Waals surface area contributed by atoms with E-state index in [1.165, 1.54) is 17.0 Å². The average Bonchev–Trinajstić information content (AvgIpc) is 2.70. The lowest BCUT2D eigenvalue weighted by Crippen LogP contribution is -3.16. The first kappa shape index (κ1) is 21.0. The second-order valence-corrected chi connectivity index (χ2v) is 7.86. The van der Waals surface area contributed by atoms with Crippen molar-refractivity contribution in [3.63, 3.8) is 0 Å². The Balaban J connectivity index is 1.27. The number of hydrogen-bond donors (Lipinski definition) is 2. The molecule has 7 heteroatoms. The van der Waals surface area contributed by atoms with Gasteiger partial charge in [0.05, 0.1) is 39.4 Å². The van der Waals surface area contributed by atoms with Crippen LogP contribution in [0.2, 0.25) is 0 Å². The van der Waals surface area contributed by atoms with Crippen LogP contribution < -0.4 is 14.5 Å². The maximum absolute atomic E-state index is 13.0. The smallest absolute Gasteiger partial charge is 0.126 e. The van der Waals surface area contributed by atoms with Gasteiger partial charge in [0.25, 0.3) is 0 Å². The molecule has 28 heavy (non-hydrogen) atoms. The number of ether oxygens (including phenoxy) is 2. The first-order valence-corrected chi connectivity index (χ1v) is 10.4. The number of aliphatic hydroxyl groups excluding tert-OH is 1. The van der Waals surface area contributed by atoms with E-state index in [0.29, 0.717) is 26.4 Å². The van der Waals surface area contributed by atoms with E-state index < -0.39 is 6.10 Å². The van der Waals surface area contributed by atoms with E-state index in [1.54, 1.807) is 0 Å². The molecule has 1 aliphatic rings. The van der Waals surface area contributed by atoms with Crippen molar-refractivity contribution in [2.75, 3.05) is 57.4 Å². The number of anilines is 1. The van der Waals surface area contributed by atoms with Gasteiger partial charge in [-0.1, -0.05) is 15.9 Å². The molecule has 3 rings (SSSR count). The maximum Gasteiger partial charge on any atom is 0.126 e. The zero-order chi connectivity index (χ0) is 19.8. The number of hydrogen-bond acceptors (Lipinski definition) is 4. The minimum atomic E-state index is -0.486. The molecule has 1 saturated heterocycles. The second kappa shape index (κ2) is 10.8. The van der Waals surface area contributed by atoms with Crippen LogP contribution in [0.15, 0.2) is 53.0 Å². The standard InChI is InChI=1S/C21H26BrFN2O3/c22-17-1-7-21(8-2-17)28-14-13-27-16-20(26)15-24-9-11-25(12-10-24)19-5-3-18(23)4-6-19/h1-8,20,26H,9-16H2/p+1/t20-/m1/s1. The van der Waals surface area contributed by atoms with Gasteiger partial charge < -0.3 is 24.4 Å². The first-order chi connectivity index (χ1) is 13.6. The van der Waals surface area contributed by atoms with Gasteiger partial charge in [-0.2, -0.15) is 0 Å². The Hall–Kier alpha value is -1.67. The van der Waals surface area contributed by atoms with Crippen molar-refractivity contribution in [1.82, 2.24) is 0 Å². The quantitative estimate of drug-likeness (QED) is 0.567. The van der Waals surface area contributed by atoms with E-state index in [2.05, 4.69) is 20.8 Å². The third kappa shape index (κ3) is 6.74. The van der Waals surface area contributed by atoms with E-state index in [9.17, 15) is 9.50 Å². The second-order valence-electron chi connectivity index (χ2n) is 6.95. The highest BCUT2D eigenvalue weighted by molar-refractivity contribution is 9.10. The Morgan fingerprint density at radius 1 is 1.04 bits per heavy atom. The van der Waals surface area contributed by atoms with Gasteiger partial charge in [-0.25, -0.2) is 4.39 Å². The molecule has 0 aliphatic carbocycles. The lowest BCUT2D eigenvalue weighted by atomic mass is 10.2. The van der Waals surface area contributed by atoms with Crippen LogP contribution in [-0.2, 0) is 4.74 Å². The first-order valence-electron chi connectivity index (χ1n) is 9.58. The summed E-state index contributed by atoms with van der Waals surface area (Å²) in [5.74, 6) is 0.592. The Morgan fingerprint density at radius 3 is 2.39 bits per heavy atom. The van der Waals surface area contributed by atoms with Gasteiger partial charge in [0.2, 0.25) is 0 Å². The largest absolute Gasteiger partial charge is 0.491 e. The summed E-state index contributed by atoms with van der Waals surface area (Å²) in [5.41, 5.74) is 1.05. The molecule has 5 nitrogen and oxygen atoms in total. The Kier molecular flexibility index (Phi) is 8.09. The van der Waals surface area contributed by atoms with Crippen molar-refractivity contribution in [3.8, 4) is 5.75 Å². The van der Waals surface area contributed by atoms with Crippen molar-refractivity contribution >= 4 is 21.6 Å². The molecule has 1 heterocycles. The van der Waals surface area contributed by atoms with E-state index in [1.807, 2.05) is 36.4 Å². The van der Waals surface area contributed by atoms with Crippen LogP contribution in [0.5, 0.6) is 5.75 Å². The molecule has 0 unspecified atom stereocenters. The SMILES string of the molecule is O[C@@H](COCCOc1ccc(Br)cc1)C[NH+]1CCN(c2ccc(F)cc2)CC1. The Morgan fingerprint density at radius 2 is 1.71 bits per heavy atom. The average molecular weight is 454 g/mol. The van der Waals surface area contributed by atoms with Gasteiger partial charge in [0.15, 0.2) is 0 Å². The predicted molar refractivity (Wildman–Crippen MR) is 111 cm³/mol. The Labute approximate surface area is 173 Å². The zero-order valence-electron chi connectivity index (χ0n) is 15.8. The van der Waals surface area contributed by atoms with Crippen molar-refractivity contribution in [3.05, 3.63) is 58.8 Å². The highest BCUT2D eigenvalue weighted by Crippen LogP contribution is 2.16. The highest BCUT2D eigenvalue weighted by Gasteiger charge is 2.22. The van der Waals surface area contributed by atoms with Crippen molar-refractivity contribution < 1.29 is 23.9 Å². The van der Waals surface area contributed by atoms with Gasteiger partial charge in [-0.3, -0.25) is 0 Å². The van der Waals surface area contributed by atoms with Crippen molar-refractivity contribution in [2.45, 2.75) is 6.10 Å². The number of aliphatic hydroxyl groups is 1. The fourth-order valence-electron chi connectivity index (χ4n) is 3.30. The van der Waals surface area contributed by atoms with E-state index in [4.69, 9.17) is 9.47 Å². The molecule has 0 saturated carbocycles. The Bertz CT molecular complexity index is 707. The summed E-state index contributed by atoms with van der Waals surface area (Å²) in [6.45, 7) is 5.57. The third-order valence-corrected chi connectivity index (χ3v) is 5.34. The van der Waals surface area contributed by atoms with Gasteiger partial charge in [0, 0.05) is 10.2 Å². The van der Waals surface area contributed by atoms with E-state index in [-0.39, 0.29) is 5.82 Å². The topological polar surface area (TPSA) is 46.4 Å². The number of nitrogens with one attached hydrogen (secondary N) is 1. The molecule has 0 aromatic heterocycles. The molecular formula is C21H27BrFN2O3+. The van der Waals surface area contributed by atoms with E-state index >= 15 is 0 Å². The summed E-state index contributed by atoms with van der Waals surface area (Å²) in [6.07, 6.45) is -0.486. The molecule has 2 aromatic rings. The molecule has 1 aliphatic heterocycles. The van der Waals surface area contributed by atoms with Crippen molar-refractivity contribution in [1.29, 1.82) is 0 Å². The number of benzene rings is 2. The van der Waals surface area contributed by atoms with Crippen LogP contribution >= 0.6 is 15.9 Å². The molecule has 2 aromatic carbocycles. The minimum Gasteiger partial charge on any atom is -0.491 e.